The molecule has 1 aliphatic heterocycles. The van der Waals surface area contributed by atoms with Gasteiger partial charge in [0.25, 0.3) is 0 Å². The van der Waals surface area contributed by atoms with Gasteiger partial charge in [-0.15, -0.1) is 0 Å². The number of thiol groups is 1. The highest BCUT2D eigenvalue weighted by molar-refractivity contribution is 8.78. The first-order valence-corrected chi connectivity index (χ1v) is 6.57. The first-order valence-electron chi connectivity index (χ1n) is 2.40. The van der Waals surface area contributed by atoms with Gasteiger partial charge in [0.2, 0.25) is 0 Å². The van der Waals surface area contributed by atoms with Crippen molar-refractivity contribution in [3.8, 4) is 0 Å². The zero-order chi connectivity index (χ0) is 5.82. The number of hydrogen-bond donors (Lipinski definition) is 1. The van der Waals surface area contributed by atoms with Gasteiger partial charge in [0.05, 0.1) is 0 Å². The van der Waals surface area contributed by atoms with Crippen molar-refractivity contribution in [1.29, 1.82) is 0 Å². The van der Waals surface area contributed by atoms with E-state index in [4.69, 9.17) is 0 Å². The lowest BCUT2D eigenvalue weighted by Crippen LogP contribution is -2.19. The molecule has 1 saturated heterocycles. The molecule has 0 saturated carbocycles. The van der Waals surface area contributed by atoms with Gasteiger partial charge in [-0.2, -0.15) is 24.4 Å². The van der Waals surface area contributed by atoms with E-state index in [9.17, 15) is 0 Å². The average Bonchev–Trinajstić information content (AvgIpc) is 1.63. The lowest BCUT2D eigenvalue weighted by molar-refractivity contribution is 1.09. The summed E-state index contributed by atoms with van der Waals surface area (Å²) in [5.74, 6) is 2.71. The molecule has 0 aromatic rings. The number of rotatable bonds is 3. The molecule has 0 aromatic heterocycles. The first-order chi connectivity index (χ1) is 3.93. The zero-order valence-electron chi connectivity index (χ0n) is 4.37. The van der Waals surface area contributed by atoms with Crippen LogP contribution >= 0.6 is 46.0 Å². The maximum absolute atomic E-state index is 4.09. The molecule has 0 amide bonds. The van der Waals surface area contributed by atoms with Crippen molar-refractivity contribution >= 4 is 46.0 Å². The van der Waals surface area contributed by atoms with Gasteiger partial charge in [-0.25, -0.2) is 0 Å². The maximum atomic E-state index is 4.09. The van der Waals surface area contributed by atoms with Crippen LogP contribution in [0.4, 0.5) is 0 Å². The van der Waals surface area contributed by atoms with E-state index in [0.717, 1.165) is 10.3 Å². The Labute approximate surface area is 67.8 Å². The third-order valence-corrected chi connectivity index (χ3v) is 5.90. The Morgan fingerprint density at radius 2 is 2.38 bits per heavy atom. The molecule has 4 heteroatoms. The van der Waals surface area contributed by atoms with E-state index < -0.39 is 0 Å². The smallest absolute Gasteiger partial charge is 0.0466 e. The molecule has 0 aliphatic carbocycles. The molecule has 1 heterocycles. The summed E-state index contributed by atoms with van der Waals surface area (Å²) in [6.07, 6.45) is 0. The zero-order valence-corrected chi connectivity index (χ0v) is 7.71. The Bertz CT molecular complexity index is 61.1. The number of thioether (sulfide) groups is 1. The van der Waals surface area contributed by atoms with Crippen molar-refractivity contribution in [1.82, 2.24) is 0 Å². The van der Waals surface area contributed by atoms with Crippen LogP contribution in [-0.2, 0) is 0 Å². The minimum absolute atomic E-state index is 0.928. The van der Waals surface area contributed by atoms with Gasteiger partial charge < -0.3 is 0 Å². The van der Waals surface area contributed by atoms with Gasteiger partial charge in [-0.1, -0.05) is 21.6 Å². The molecule has 1 aliphatic rings. The molecule has 0 unspecified atom stereocenters. The van der Waals surface area contributed by atoms with Crippen LogP contribution in [0.2, 0.25) is 0 Å². The molecule has 8 heavy (non-hydrogen) atoms. The fourth-order valence-corrected chi connectivity index (χ4v) is 4.41. The Morgan fingerprint density at radius 3 is 2.75 bits per heavy atom. The van der Waals surface area contributed by atoms with E-state index in [0.29, 0.717) is 0 Å². The van der Waals surface area contributed by atoms with Crippen molar-refractivity contribution in [2.45, 2.75) is 5.25 Å². The Kier molecular flexibility index (Phi) is 3.99. The largest absolute Gasteiger partial charge is 0.167 e. The van der Waals surface area contributed by atoms with Crippen molar-refractivity contribution in [3.63, 3.8) is 0 Å². The van der Waals surface area contributed by atoms with Crippen molar-refractivity contribution in [2.75, 3.05) is 16.6 Å². The molecule has 0 nitrogen and oxygen atoms in total. The van der Waals surface area contributed by atoms with Crippen LogP contribution in [0.5, 0.6) is 0 Å². The standard InChI is InChI=1S/C4H8S4/c5-3-7-8-4-1-6-2-4/h4-5H,1-3H2. The van der Waals surface area contributed by atoms with Crippen molar-refractivity contribution in [3.05, 3.63) is 0 Å². The molecule has 0 atom stereocenters. The van der Waals surface area contributed by atoms with Crippen LogP contribution in [-0.4, -0.2) is 21.8 Å². The summed E-state index contributed by atoms with van der Waals surface area (Å²) >= 11 is 6.13. The van der Waals surface area contributed by atoms with Crippen LogP contribution in [0.3, 0.4) is 0 Å². The van der Waals surface area contributed by atoms with Gasteiger partial charge >= 0.3 is 0 Å². The minimum atomic E-state index is 0.928. The predicted octanol–water partition coefficient (Wildman–Crippen LogP) is 2.37. The average molecular weight is 184 g/mol. The second-order valence-corrected chi connectivity index (χ2v) is 5.99. The summed E-state index contributed by atoms with van der Waals surface area (Å²) in [7, 11) is 3.84. The SMILES string of the molecule is SCSSC1CSC1. The van der Waals surface area contributed by atoms with Gasteiger partial charge in [0.15, 0.2) is 0 Å². The van der Waals surface area contributed by atoms with Crippen LogP contribution in [0.15, 0.2) is 0 Å². The molecular formula is C4H8S4. The monoisotopic (exact) mass is 184 g/mol. The summed E-state index contributed by atoms with van der Waals surface area (Å²) in [5.41, 5.74) is 0. The fraction of sp³-hybridized carbons (Fsp3) is 1.00. The second-order valence-electron chi connectivity index (χ2n) is 1.50. The van der Waals surface area contributed by atoms with Crippen LogP contribution in [0.25, 0.3) is 0 Å². The molecule has 0 spiro atoms. The highest BCUT2D eigenvalue weighted by Gasteiger charge is 2.17. The van der Waals surface area contributed by atoms with Gasteiger partial charge in [-0.3, -0.25) is 0 Å². The molecule has 48 valence electrons. The van der Waals surface area contributed by atoms with E-state index in [1.807, 2.05) is 33.3 Å². The molecule has 1 rings (SSSR count). The van der Waals surface area contributed by atoms with Crippen molar-refractivity contribution in [2.24, 2.45) is 0 Å². The first kappa shape index (κ1) is 7.51. The van der Waals surface area contributed by atoms with E-state index in [1.54, 1.807) is 0 Å². The van der Waals surface area contributed by atoms with E-state index in [2.05, 4.69) is 12.6 Å². The molecule has 0 aromatic carbocycles. The van der Waals surface area contributed by atoms with Gasteiger partial charge in [0, 0.05) is 21.8 Å². The van der Waals surface area contributed by atoms with E-state index in [1.165, 1.54) is 11.5 Å². The predicted molar refractivity (Wildman–Crippen MR) is 50.1 cm³/mol. The van der Waals surface area contributed by atoms with Gasteiger partial charge in [0.1, 0.15) is 0 Å². The lowest BCUT2D eigenvalue weighted by atomic mass is 10.5. The van der Waals surface area contributed by atoms with Crippen LogP contribution in [0.1, 0.15) is 0 Å². The third kappa shape index (κ3) is 2.33. The minimum Gasteiger partial charge on any atom is -0.167 e. The second kappa shape index (κ2) is 4.25. The summed E-state index contributed by atoms with van der Waals surface area (Å²) < 4.78 is 0. The maximum Gasteiger partial charge on any atom is 0.0466 e. The van der Waals surface area contributed by atoms with Crippen LogP contribution in [0, 0.1) is 0 Å². The van der Waals surface area contributed by atoms with E-state index >= 15 is 0 Å². The quantitative estimate of drug-likeness (QED) is 0.406. The Morgan fingerprint density at radius 1 is 1.62 bits per heavy atom. The lowest BCUT2D eigenvalue weighted by Gasteiger charge is -2.22. The van der Waals surface area contributed by atoms with E-state index in [-0.39, 0.29) is 0 Å². The fourth-order valence-electron chi connectivity index (χ4n) is 0.396. The highest BCUT2D eigenvalue weighted by atomic mass is 33.1. The summed E-state index contributed by atoms with van der Waals surface area (Å²) in [4.78, 5) is 0. The van der Waals surface area contributed by atoms with Gasteiger partial charge in [-0.05, 0) is 0 Å². The summed E-state index contributed by atoms with van der Waals surface area (Å²) in [5, 5.41) is 1.88. The highest BCUT2D eigenvalue weighted by Crippen LogP contribution is 2.36. The molecular weight excluding hydrogens is 176 g/mol. The normalized spacial score (nSPS) is 20.6. The summed E-state index contributed by atoms with van der Waals surface area (Å²) in [6, 6.07) is 0. The van der Waals surface area contributed by atoms with Crippen LogP contribution < -0.4 is 0 Å². The summed E-state index contributed by atoms with van der Waals surface area (Å²) in [6.45, 7) is 0. The molecule has 0 bridgehead atoms. The Hall–Kier alpha value is 1.40. The molecule has 0 N–H and O–H groups in total. The molecule has 1 fully saturated rings. The topological polar surface area (TPSA) is 0 Å². The number of hydrogen-bond acceptors (Lipinski definition) is 4. The Balaban J connectivity index is 1.86. The van der Waals surface area contributed by atoms with Crippen molar-refractivity contribution < 1.29 is 0 Å². The molecule has 0 radical (unpaired) electrons. The third-order valence-electron chi connectivity index (χ3n) is 0.864.